The highest BCUT2D eigenvalue weighted by Crippen LogP contribution is 2.39. The smallest absolute Gasteiger partial charge is 0.258 e. The Balaban J connectivity index is 2.04. The Kier molecular flexibility index (Phi) is 4.29. The maximum absolute atomic E-state index is 14.2. The van der Waals surface area contributed by atoms with Crippen LogP contribution in [0.3, 0.4) is 0 Å². The van der Waals surface area contributed by atoms with Crippen molar-refractivity contribution in [3.05, 3.63) is 47.3 Å². The second-order valence-electron chi connectivity index (χ2n) is 5.37. The van der Waals surface area contributed by atoms with Gasteiger partial charge in [-0.05, 0) is 30.2 Å². The predicted molar refractivity (Wildman–Crippen MR) is 87.9 cm³/mol. The molecule has 5 nitrogen and oxygen atoms in total. The Labute approximate surface area is 139 Å². The number of methoxy groups -OCH3 is 3. The van der Waals surface area contributed by atoms with Crippen LogP contribution in [0.1, 0.15) is 15.9 Å². The van der Waals surface area contributed by atoms with Crippen molar-refractivity contribution in [2.75, 3.05) is 32.8 Å². The standard InChI is InChI=1S/C18H18FNO4/c1-22-14-9-12(10-15(23-2)17(14)24-3)18(21)20-8-7-11-5-4-6-13(19)16(11)20/h4-6,9-10H,7-8H2,1-3H3. The van der Waals surface area contributed by atoms with Gasteiger partial charge in [0.25, 0.3) is 5.91 Å². The van der Waals surface area contributed by atoms with Crippen molar-refractivity contribution < 1.29 is 23.4 Å². The second-order valence-corrected chi connectivity index (χ2v) is 5.37. The fourth-order valence-electron chi connectivity index (χ4n) is 2.97. The van der Waals surface area contributed by atoms with Crippen LogP contribution in [-0.2, 0) is 6.42 Å². The molecule has 6 heteroatoms. The summed E-state index contributed by atoms with van der Waals surface area (Å²) in [4.78, 5) is 14.4. The van der Waals surface area contributed by atoms with Gasteiger partial charge in [0.2, 0.25) is 5.75 Å². The highest BCUT2D eigenvalue weighted by molar-refractivity contribution is 6.08. The van der Waals surface area contributed by atoms with Gasteiger partial charge < -0.3 is 19.1 Å². The highest BCUT2D eigenvalue weighted by atomic mass is 19.1. The minimum absolute atomic E-state index is 0.307. The Morgan fingerprint density at radius 3 is 2.33 bits per heavy atom. The molecule has 126 valence electrons. The van der Waals surface area contributed by atoms with Crippen molar-refractivity contribution >= 4 is 11.6 Å². The van der Waals surface area contributed by atoms with Crippen LogP contribution in [0.4, 0.5) is 10.1 Å². The van der Waals surface area contributed by atoms with E-state index >= 15 is 0 Å². The zero-order chi connectivity index (χ0) is 17.3. The monoisotopic (exact) mass is 331 g/mol. The highest BCUT2D eigenvalue weighted by Gasteiger charge is 2.29. The predicted octanol–water partition coefficient (Wildman–Crippen LogP) is 3.05. The number of nitrogens with zero attached hydrogens (tertiary/aromatic N) is 1. The molecule has 0 aromatic heterocycles. The molecule has 3 rings (SSSR count). The molecule has 0 atom stereocenters. The summed E-state index contributed by atoms with van der Waals surface area (Å²) in [5, 5.41) is 0. The summed E-state index contributed by atoms with van der Waals surface area (Å²) in [6, 6.07) is 7.99. The van der Waals surface area contributed by atoms with Gasteiger partial charge in [0.1, 0.15) is 5.82 Å². The molecule has 0 radical (unpaired) electrons. The summed E-state index contributed by atoms with van der Waals surface area (Å²) in [6.45, 7) is 0.436. The van der Waals surface area contributed by atoms with Gasteiger partial charge in [-0.1, -0.05) is 12.1 Å². The molecule has 0 fully saturated rings. The van der Waals surface area contributed by atoms with Gasteiger partial charge in [-0.2, -0.15) is 0 Å². The number of anilines is 1. The first-order chi connectivity index (χ1) is 11.6. The summed E-state index contributed by atoms with van der Waals surface area (Å²) in [6.07, 6.45) is 0.628. The molecular formula is C18H18FNO4. The Hall–Kier alpha value is -2.76. The lowest BCUT2D eigenvalue weighted by Crippen LogP contribution is -2.29. The van der Waals surface area contributed by atoms with Crippen LogP contribution >= 0.6 is 0 Å². The fourth-order valence-corrected chi connectivity index (χ4v) is 2.97. The van der Waals surface area contributed by atoms with Crippen LogP contribution < -0.4 is 19.1 Å². The van der Waals surface area contributed by atoms with E-state index in [4.69, 9.17) is 14.2 Å². The molecule has 1 aliphatic rings. The largest absolute Gasteiger partial charge is 0.493 e. The molecule has 1 heterocycles. The third-order valence-corrected chi connectivity index (χ3v) is 4.10. The van der Waals surface area contributed by atoms with E-state index in [0.717, 1.165) is 5.56 Å². The molecule has 1 aliphatic heterocycles. The van der Waals surface area contributed by atoms with Crippen molar-refractivity contribution in [2.24, 2.45) is 0 Å². The number of para-hydroxylation sites is 1. The van der Waals surface area contributed by atoms with Crippen molar-refractivity contribution in [3.8, 4) is 17.2 Å². The van der Waals surface area contributed by atoms with Crippen molar-refractivity contribution in [2.45, 2.75) is 6.42 Å². The summed E-state index contributed by atoms with van der Waals surface area (Å²) in [7, 11) is 4.46. The third kappa shape index (κ3) is 2.54. The van der Waals surface area contributed by atoms with E-state index in [2.05, 4.69) is 0 Å². The van der Waals surface area contributed by atoms with E-state index in [-0.39, 0.29) is 5.91 Å². The number of carbonyl (C=O) groups is 1. The minimum atomic E-state index is -0.397. The first-order valence-corrected chi connectivity index (χ1v) is 7.50. The topological polar surface area (TPSA) is 48.0 Å². The van der Waals surface area contributed by atoms with Crippen molar-refractivity contribution in [1.29, 1.82) is 0 Å². The lowest BCUT2D eigenvalue weighted by Gasteiger charge is -2.20. The van der Waals surface area contributed by atoms with E-state index < -0.39 is 5.82 Å². The number of fused-ring (bicyclic) bond motifs is 1. The number of hydrogen-bond acceptors (Lipinski definition) is 4. The molecule has 2 aromatic rings. The van der Waals surface area contributed by atoms with Gasteiger partial charge in [-0.15, -0.1) is 0 Å². The zero-order valence-corrected chi connectivity index (χ0v) is 13.8. The number of carbonyl (C=O) groups excluding carboxylic acids is 1. The number of benzene rings is 2. The lowest BCUT2D eigenvalue weighted by molar-refractivity contribution is 0.0988. The van der Waals surface area contributed by atoms with E-state index in [9.17, 15) is 9.18 Å². The molecule has 0 N–H and O–H groups in total. The number of hydrogen-bond donors (Lipinski definition) is 0. The summed E-state index contributed by atoms with van der Waals surface area (Å²) >= 11 is 0. The average molecular weight is 331 g/mol. The molecule has 0 aliphatic carbocycles. The van der Waals surface area contributed by atoms with E-state index in [1.54, 1.807) is 18.2 Å². The third-order valence-electron chi connectivity index (χ3n) is 4.10. The molecule has 2 aromatic carbocycles. The molecule has 0 saturated carbocycles. The van der Waals surface area contributed by atoms with Gasteiger partial charge >= 0.3 is 0 Å². The number of ether oxygens (including phenoxy) is 3. The zero-order valence-electron chi connectivity index (χ0n) is 13.8. The SMILES string of the molecule is COc1cc(C(=O)N2CCc3cccc(F)c32)cc(OC)c1OC. The normalized spacial score (nSPS) is 12.8. The molecule has 1 amide bonds. The molecule has 0 bridgehead atoms. The van der Waals surface area contributed by atoms with Crippen LogP contribution in [0.5, 0.6) is 17.2 Å². The molecule has 24 heavy (non-hydrogen) atoms. The average Bonchev–Trinajstić information content (AvgIpc) is 3.05. The first-order valence-electron chi connectivity index (χ1n) is 7.50. The van der Waals surface area contributed by atoms with Gasteiger partial charge in [0, 0.05) is 12.1 Å². The van der Waals surface area contributed by atoms with Gasteiger partial charge in [0.05, 0.1) is 27.0 Å². The van der Waals surface area contributed by atoms with Crippen molar-refractivity contribution in [3.63, 3.8) is 0 Å². The summed E-state index contributed by atoms with van der Waals surface area (Å²) < 4.78 is 30.0. The van der Waals surface area contributed by atoms with E-state index in [1.807, 2.05) is 6.07 Å². The summed E-state index contributed by atoms with van der Waals surface area (Å²) in [5.74, 6) is 0.467. The maximum atomic E-state index is 14.2. The minimum Gasteiger partial charge on any atom is -0.493 e. The lowest BCUT2D eigenvalue weighted by atomic mass is 10.1. The molecular weight excluding hydrogens is 313 g/mol. The van der Waals surface area contributed by atoms with Gasteiger partial charge in [-0.25, -0.2) is 4.39 Å². The van der Waals surface area contributed by atoms with Gasteiger partial charge in [0.15, 0.2) is 11.5 Å². The van der Waals surface area contributed by atoms with E-state index in [1.165, 1.54) is 32.3 Å². The Morgan fingerprint density at radius 1 is 1.08 bits per heavy atom. The van der Waals surface area contributed by atoms with E-state index in [0.29, 0.717) is 41.5 Å². The maximum Gasteiger partial charge on any atom is 0.258 e. The van der Waals surface area contributed by atoms with Crippen LogP contribution in [0, 0.1) is 5.82 Å². The van der Waals surface area contributed by atoms with Crippen molar-refractivity contribution in [1.82, 2.24) is 0 Å². The van der Waals surface area contributed by atoms with Crippen LogP contribution in [0.25, 0.3) is 0 Å². The molecule has 0 spiro atoms. The quantitative estimate of drug-likeness (QED) is 0.864. The fraction of sp³-hybridized carbons (Fsp3) is 0.278. The number of amides is 1. The number of rotatable bonds is 4. The molecule has 0 unspecified atom stereocenters. The van der Waals surface area contributed by atoms with Crippen LogP contribution in [-0.4, -0.2) is 33.8 Å². The Bertz CT molecular complexity index is 766. The second kappa shape index (κ2) is 6.39. The first kappa shape index (κ1) is 16.1. The van der Waals surface area contributed by atoms with Crippen LogP contribution in [0.15, 0.2) is 30.3 Å². The number of halogens is 1. The van der Waals surface area contributed by atoms with Gasteiger partial charge in [-0.3, -0.25) is 4.79 Å². The van der Waals surface area contributed by atoms with Crippen LogP contribution in [0.2, 0.25) is 0 Å². The summed E-state index contributed by atoms with van der Waals surface area (Å²) in [5.41, 5.74) is 1.52. The Morgan fingerprint density at radius 2 is 1.75 bits per heavy atom. The molecule has 0 saturated heterocycles.